The van der Waals surface area contributed by atoms with Gasteiger partial charge in [0.25, 0.3) is 0 Å². The molecular weight excluding hydrogens is 831 g/mol. The standard InChI is InChI=1S/C48H76N2.2C7H15.Ni/c1-7-13-19-23-27-39-33-40(28-24-20-14-8-2)36-43(35-39)47-45(31-17-11-5)46(32-18-12-6)48(50(47)49)44-37-41(29-25-21-15-9-3)34-42(38-44)30-26-22-16-10-4;2*1-3-5-7-6-4-2;/h33-38H,7-32H2,1-6H3;2*1,3-7H2,2H3;. The van der Waals surface area contributed by atoms with Crippen LogP contribution in [0.2, 0.25) is 10.8 Å². The topological polar surface area (TPSA) is 25.3 Å². The van der Waals surface area contributed by atoms with Crippen LogP contribution in [0.4, 0.5) is 0 Å². The largest absolute Gasteiger partial charge is 0.493 e. The third-order valence-corrected chi connectivity index (χ3v) is 14.9. The number of hydrogen-bond donors (Lipinski definition) is 0. The normalized spacial score (nSPS) is 12.8. The van der Waals surface area contributed by atoms with E-state index in [0.717, 1.165) is 75.6 Å². The summed E-state index contributed by atoms with van der Waals surface area (Å²) in [5.74, 6) is 0. The second-order valence-corrected chi connectivity index (χ2v) is 21.3. The van der Waals surface area contributed by atoms with Gasteiger partial charge in [-0.2, -0.15) is 0 Å². The molecule has 3 heteroatoms. The molecule has 374 valence electrons. The Morgan fingerprint density at radius 1 is 0.308 bits per heavy atom. The number of rotatable bonds is 40. The Kier molecular flexibility index (Phi) is 36.4. The van der Waals surface area contributed by atoms with E-state index < -0.39 is 0 Å². The van der Waals surface area contributed by atoms with Crippen molar-refractivity contribution in [2.45, 2.75) is 297 Å². The molecule has 0 amide bonds. The average molecular weight is 938 g/mol. The van der Waals surface area contributed by atoms with Crippen LogP contribution in [0, 0.1) is 0 Å². The van der Waals surface area contributed by atoms with Gasteiger partial charge in [-0.1, -0.05) is 144 Å². The van der Waals surface area contributed by atoms with E-state index in [1.807, 2.05) is 14.4 Å². The van der Waals surface area contributed by atoms with Crippen molar-refractivity contribution < 1.29 is 19.1 Å². The van der Waals surface area contributed by atoms with Crippen molar-refractivity contribution in [3.05, 3.63) is 86.5 Å². The van der Waals surface area contributed by atoms with Gasteiger partial charge in [-0.3, -0.25) is 0 Å². The molecule has 65 heavy (non-hydrogen) atoms. The van der Waals surface area contributed by atoms with Gasteiger partial charge in [-0.05, 0) is 124 Å². The number of hydrogen-bond acceptors (Lipinski definition) is 0. The van der Waals surface area contributed by atoms with Crippen molar-refractivity contribution in [2.75, 3.05) is 0 Å². The fourth-order valence-electron chi connectivity index (χ4n) is 9.49. The average Bonchev–Trinajstić information content (AvgIpc) is 3.60. The van der Waals surface area contributed by atoms with Crippen LogP contribution in [0.5, 0.6) is 0 Å². The molecule has 1 heterocycles. The summed E-state index contributed by atoms with van der Waals surface area (Å²) in [5, 5.41) is 2.84. The summed E-state index contributed by atoms with van der Waals surface area (Å²) in [6.45, 7) is 18.4. The van der Waals surface area contributed by atoms with Crippen LogP contribution in [-0.4, -0.2) is 4.70 Å². The van der Waals surface area contributed by atoms with E-state index in [-0.39, 0.29) is 0 Å². The predicted molar refractivity (Wildman–Crippen MR) is 288 cm³/mol. The molecule has 2 aromatic rings. The molecule has 0 N–H and O–H groups in total. The first-order valence-electron chi connectivity index (χ1n) is 28.6. The van der Waals surface area contributed by atoms with Gasteiger partial charge < -0.3 is 5.53 Å². The zero-order valence-electron chi connectivity index (χ0n) is 44.5. The minimum absolute atomic E-state index is 1.03. The molecule has 1 aliphatic heterocycles. The van der Waals surface area contributed by atoms with Crippen LogP contribution in [0.3, 0.4) is 0 Å². The van der Waals surface area contributed by atoms with Gasteiger partial charge in [0.1, 0.15) is 0 Å². The maximum absolute atomic E-state index is 12.6. The maximum Gasteiger partial charge on any atom is 0.211 e. The Bertz CT molecular complexity index is 1390. The monoisotopic (exact) mass is 937 g/mol. The number of aryl methyl sites for hydroxylation is 4. The van der Waals surface area contributed by atoms with Crippen molar-refractivity contribution in [3.8, 4) is 0 Å². The molecule has 2 aromatic carbocycles. The smallest absolute Gasteiger partial charge is 0.211 e. The molecule has 1 aliphatic rings. The molecule has 0 radical (unpaired) electrons. The third kappa shape index (κ3) is 25.3. The quantitative estimate of drug-likeness (QED) is 0.0361. The number of benzene rings is 2. The number of unbranched alkanes of at least 4 members (excludes halogenated alkanes) is 22. The van der Waals surface area contributed by atoms with Crippen molar-refractivity contribution in [2.24, 2.45) is 0 Å². The van der Waals surface area contributed by atoms with E-state index in [0.29, 0.717) is 0 Å². The van der Waals surface area contributed by atoms with E-state index in [2.05, 4.69) is 91.8 Å². The van der Waals surface area contributed by atoms with Gasteiger partial charge in [0.05, 0.1) is 0 Å². The fraction of sp³-hybridized carbons (Fsp3) is 0.742. The molecule has 0 saturated heterocycles. The van der Waals surface area contributed by atoms with Gasteiger partial charge in [0, 0.05) is 22.3 Å². The third-order valence-electron chi connectivity index (χ3n) is 13.5. The second kappa shape index (κ2) is 40.0. The van der Waals surface area contributed by atoms with Crippen LogP contribution in [0.25, 0.3) is 16.9 Å². The molecule has 0 spiro atoms. The molecule has 0 bridgehead atoms. The minimum Gasteiger partial charge on any atom is -0.493 e. The van der Waals surface area contributed by atoms with E-state index in [1.54, 1.807) is 4.70 Å². The molecule has 0 fully saturated rings. The molecule has 0 unspecified atom stereocenters. The SMILES string of the molecule is CCCCCC[CH2][Ni][CH2]CCCCCC.CCCCCCc1cc(CCCCCC)cc(C2=C(CCCC)C(CCCC)=C(c3cc(CCCCCC)cc(CCCCCC)c3)[N+]2=[N-])c1. The summed E-state index contributed by atoms with van der Waals surface area (Å²) in [6.07, 6.45) is 46.0. The Balaban J connectivity index is 0.000000824. The molecule has 0 aromatic heterocycles. The zero-order chi connectivity index (χ0) is 47.2. The summed E-state index contributed by atoms with van der Waals surface area (Å²) in [5.41, 5.74) is 25.8. The van der Waals surface area contributed by atoms with Gasteiger partial charge in [-0.25, -0.2) is 4.70 Å². The minimum atomic E-state index is 1.03. The first-order chi connectivity index (χ1) is 31.9. The Morgan fingerprint density at radius 2 is 0.569 bits per heavy atom. The Hall–Kier alpha value is -1.99. The predicted octanol–water partition coefficient (Wildman–Crippen LogP) is 21.6. The Morgan fingerprint density at radius 3 is 0.846 bits per heavy atom. The van der Waals surface area contributed by atoms with Gasteiger partial charge in [-0.15, -0.1) is 0 Å². The van der Waals surface area contributed by atoms with Crippen LogP contribution in [-0.2, 0) is 40.1 Å². The van der Waals surface area contributed by atoms with E-state index in [9.17, 15) is 5.53 Å². The van der Waals surface area contributed by atoms with Crippen molar-refractivity contribution >= 4 is 11.4 Å². The zero-order valence-corrected chi connectivity index (χ0v) is 45.5. The summed E-state index contributed by atoms with van der Waals surface area (Å²) < 4.78 is 1.67. The molecule has 0 atom stereocenters. The maximum atomic E-state index is 12.6. The number of allylic oxidation sites excluding steroid dienone is 2. The summed E-state index contributed by atoms with van der Waals surface area (Å²) >= 11 is 2.00. The first-order valence-corrected chi connectivity index (χ1v) is 30.0. The molecule has 3 rings (SSSR count). The molecule has 2 nitrogen and oxygen atoms in total. The number of nitrogens with zero attached hydrogens (tertiary/aromatic N) is 2. The van der Waals surface area contributed by atoms with E-state index in [4.69, 9.17) is 0 Å². The summed E-state index contributed by atoms with van der Waals surface area (Å²) in [6, 6.07) is 14.7. The van der Waals surface area contributed by atoms with Crippen molar-refractivity contribution in [3.63, 3.8) is 0 Å². The van der Waals surface area contributed by atoms with Crippen molar-refractivity contribution in [1.82, 2.24) is 0 Å². The van der Waals surface area contributed by atoms with Gasteiger partial charge in [0.2, 0.25) is 11.4 Å². The molecule has 0 saturated carbocycles. The molecular formula is C62H106N2Ni. The first kappa shape index (κ1) is 59.1. The fourth-order valence-corrected chi connectivity index (χ4v) is 10.7. The van der Waals surface area contributed by atoms with Crippen LogP contribution < -0.4 is 0 Å². The van der Waals surface area contributed by atoms with Crippen LogP contribution in [0.1, 0.15) is 294 Å². The van der Waals surface area contributed by atoms with Crippen LogP contribution >= 0.6 is 0 Å². The second-order valence-electron chi connectivity index (χ2n) is 19.8. The summed E-state index contributed by atoms with van der Waals surface area (Å²) in [4.78, 5) is 0. The van der Waals surface area contributed by atoms with Crippen LogP contribution in [0.15, 0.2) is 47.5 Å². The van der Waals surface area contributed by atoms with Crippen molar-refractivity contribution in [1.29, 1.82) is 0 Å². The summed E-state index contributed by atoms with van der Waals surface area (Å²) in [7, 11) is 0. The Labute approximate surface area is 412 Å². The van der Waals surface area contributed by atoms with E-state index in [1.165, 1.54) is 222 Å². The van der Waals surface area contributed by atoms with Gasteiger partial charge in [0.15, 0.2) is 0 Å². The van der Waals surface area contributed by atoms with E-state index >= 15 is 0 Å². The van der Waals surface area contributed by atoms with Gasteiger partial charge >= 0.3 is 103 Å². The molecule has 0 aliphatic carbocycles.